The summed E-state index contributed by atoms with van der Waals surface area (Å²) < 4.78 is 0.984. The highest BCUT2D eigenvalue weighted by atomic mass is 79.9. The lowest BCUT2D eigenvalue weighted by molar-refractivity contribution is -0.131. The maximum absolute atomic E-state index is 12.8. The van der Waals surface area contributed by atoms with Gasteiger partial charge < -0.3 is 15.7 Å². The Morgan fingerprint density at radius 3 is 2.61 bits per heavy atom. The van der Waals surface area contributed by atoms with Gasteiger partial charge in [0.05, 0.1) is 10.9 Å². The molecule has 1 heterocycles. The molecule has 0 saturated carbocycles. The topological polar surface area (TPSA) is 108 Å². The molecule has 0 saturated heterocycles. The number of carboxylic acids is 1. The molecule has 0 aliphatic heterocycles. The Morgan fingerprint density at radius 2 is 1.91 bits per heavy atom. The summed E-state index contributed by atoms with van der Waals surface area (Å²) in [5.41, 5.74) is 2.27. The molecule has 0 fully saturated rings. The van der Waals surface area contributed by atoms with Crippen LogP contribution in [0.15, 0.2) is 75.4 Å². The van der Waals surface area contributed by atoms with E-state index in [-0.39, 0.29) is 11.2 Å². The summed E-state index contributed by atoms with van der Waals surface area (Å²) in [5, 5.41) is 16.2. The Morgan fingerprint density at radius 1 is 1.15 bits per heavy atom. The lowest BCUT2D eigenvalue weighted by Gasteiger charge is -2.14. The molecule has 33 heavy (non-hydrogen) atoms. The molecule has 3 aromatic rings. The van der Waals surface area contributed by atoms with Gasteiger partial charge in [-0.05, 0) is 36.8 Å². The molecule has 7 nitrogen and oxygen atoms in total. The van der Waals surface area contributed by atoms with E-state index in [0.717, 1.165) is 32.8 Å². The van der Waals surface area contributed by atoms with E-state index in [4.69, 9.17) is 5.11 Å². The first-order valence-electron chi connectivity index (χ1n) is 9.85. The molecule has 0 spiro atoms. The van der Waals surface area contributed by atoms with Gasteiger partial charge >= 0.3 is 5.97 Å². The molecular formula is C23H20BrN3O4S2. The number of anilines is 2. The molecule has 0 bridgehead atoms. The molecule has 3 N–H and O–H groups in total. The first-order valence-corrected chi connectivity index (χ1v) is 12.4. The van der Waals surface area contributed by atoms with Crippen molar-refractivity contribution in [2.45, 2.75) is 23.5 Å². The minimum absolute atomic E-state index is 0.155. The summed E-state index contributed by atoms with van der Waals surface area (Å²) in [6.45, 7) is 1.93. The molecule has 3 rings (SSSR count). The van der Waals surface area contributed by atoms with Gasteiger partial charge in [-0.15, -0.1) is 23.1 Å². The summed E-state index contributed by atoms with van der Waals surface area (Å²) in [6, 6.07) is 14.8. The van der Waals surface area contributed by atoms with Gasteiger partial charge in [0.1, 0.15) is 0 Å². The summed E-state index contributed by atoms with van der Waals surface area (Å²) in [7, 11) is 0. The van der Waals surface area contributed by atoms with Crippen LogP contribution in [-0.4, -0.2) is 33.1 Å². The summed E-state index contributed by atoms with van der Waals surface area (Å²) in [4.78, 5) is 40.5. The smallest absolute Gasteiger partial charge is 0.328 e. The first-order chi connectivity index (χ1) is 15.8. The number of aliphatic carboxylic acids is 1. The van der Waals surface area contributed by atoms with Crippen molar-refractivity contribution in [3.8, 4) is 11.3 Å². The van der Waals surface area contributed by atoms with Crippen LogP contribution in [0.5, 0.6) is 0 Å². The summed E-state index contributed by atoms with van der Waals surface area (Å²) >= 11 is 6.16. The van der Waals surface area contributed by atoms with Gasteiger partial charge in [-0.3, -0.25) is 9.59 Å². The van der Waals surface area contributed by atoms with Crippen LogP contribution in [0.1, 0.15) is 13.3 Å². The number of benzene rings is 2. The van der Waals surface area contributed by atoms with Gasteiger partial charge in [0, 0.05) is 38.2 Å². The van der Waals surface area contributed by atoms with Crippen LogP contribution >= 0.6 is 39.0 Å². The van der Waals surface area contributed by atoms with Crippen LogP contribution in [0.25, 0.3) is 11.3 Å². The van der Waals surface area contributed by atoms with Crippen molar-refractivity contribution in [1.29, 1.82) is 0 Å². The number of hydrogen-bond donors (Lipinski definition) is 3. The molecule has 2 amide bonds. The number of thiazole rings is 1. The highest BCUT2D eigenvalue weighted by Crippen LogP contribution is 2.30. The van der Waals surface area contributed by atoms with Gasteiger partial charge in [-0.25, -0.2) is 9.78 Å². The fourth-order valence-electron chi connectivity index (χ4n) is 2.73. The summed E-state index contributed by atoms with van der Waals surface area (Å²) in [5.74, 6) is -1.90. The van der Waals surface area contributed by atoms with Gasteiger partial charge in [0.2, 0.25) is 11.8 Å². The summed E-state index contributed by atoms with van der Waals surface area (Å²) in [6.07, 6.45) is 2.31. The number of carbonyl (C=O) groups excluding carboxylic acids is 2. The number of rotatable bonds is 9. The molecule has 170 valence electrons. The molecule has 2 aromatic carbocycles. The average molecular weight is 546 g/mol. The van der Waals surface area contributed by atoms with Crippen LogP contribution in [-0.2, 0) is 14.4 Å². The fraction of sp³-hybridized carbons (Fsp3) is 0.130. The molecule has 1 unspecified atom stereocenters. The maximum Gasteiger partial charge on any atom is 0.328 e. The lowest BCUT2D eigenvalue weighted by atomic mass is 10.2. The number of carboxylic acid groups (broad SMARTS) is 1. The van der Waals surface area contributed by atoms with E-state index in [1.165, 1.54) is 23.1 Å². The average Bonchev–Trinajstić information content (AvgIpc) is 3.25. The number of nitrogens with one attached hydrogen (secondary N) is 2. The molecule has 0 radical (unpaired) electrons. The quantitative estimate of drug-likeness (QED) is 0.236. The van der Waals surface area contributed by atoms with Crippen molar-refractivity contribution >= 4 is 67.6 Å². The third-order valence-corrected chi connectivity index (χ3v) is 6.94. The lowest BCUT2D eigenvalue weighted by Crippen LogP contribution is -2.24. The third kappa shape index (κ3) is 7.55. The second-order valence-corrected chi connectivity index (χ2v) is 9.79. The van der Waals surface area contributed by atoms with E-state index in [1.807, 2.05) is 42.6 Å². The number of aromatic nitrogens is 1. The SMILES string of the molecule is CCC(Sc1cccc(NC(=O)/C=C/C(=O)O)c1)C(=O)Nc1nc(-c2ccc(Br)cc2)cs1. The second kappa shape index (κ2) is 11.8. The number of carbonyl (C=O) groups is 3. The van der Waals surface area contributed by atoms with E-state index in [9.17, 15) is 14.4 Å². The zero-order valence-corrected chi connectivity index (χ0v) is 20.7. The van der Waals surface area contributed by atoms with Crippen LogP contribution in [0.4, 0.5) is 10.8 Å². The van der Waals surface area contributed by atoms with E-state index in [1.54, 1.807) is 18.2 Å². The van der Waals surface area contributed by atoms with Crippen LogP contribution in [0.2, 0.25) is 0 Å². The molecule has 0 aliphatic rings. The first kappa shape index (κ1) is 24.7. The van der Waals surface area contributed by atoms with Crippen molar-refractivity contribution in [3.05, 3.63) is 70.5 Å². The standard InChI is InChI=1S/C23H20BrN3O4S2/c1-2-19(33-17-5-3-4-16(12-17)25-20(28)10-11-21(29)30)22(31)27-23-26-18(13-32-23)14-6-8-15(24)9-7-14/h3-13,19H,2H2,1H3,(H,25,28)(H,29,30)(H,26,27,31)/b11-10+. The number of halogens is 1. The Labute approximate surface area is 207 Å². The molecular weight excluding hydrogens is 526 g/mol. The van der Waals surface area contributed by atoms with Crippen molar-refractivity contribution in [3.63, 3.8) is 0 Å². The number of thioether (sulfide) groups is 1. The molecule has 1 atom stereocenters. The normalized spacial score (nSPS) is 11.8. The minimum atomic E-state index is -1.20. The van der Waals surface area contributed by atoms with Gasteiger partial charge in [-0.2, -0.15) is 0 Å². The fourth-order valence-corrected chi connectivity index (χ4v) is 4.74. The zero-order valence-electron chi connectivity index (χ0n) is 17.4. The van der Waals surface area contributed by atoms with Crippen LogP contribution < -0.4 is 10.6 Å². The maximum atomic E-state index is 12.8. The largest absolute Gasteiger partial charge is 0.478 e. The Bertz CT molecular complexity index is 1180. The predicted molar refractivity (Wildman–Crippen MR) is 136 cm³/mol. The van der Waals surface area contributed by atoms with Gasteiger partial charge in [0.25, 0.3) is 0 Å². The highest BCUT2D eigenvalue weighted by molar-refractivity contribution is 9.10. The monoisotopic (exact) mass is 545 g/mol. The zero-order chi connectivity index (χ0) is 23.8. The van der Waals surface area contributed by atoms with Gasteiger partial charge in [-0.1, -0.05) is 41.1 Å². The number of nitrogens with zero attached hydrogens (tertiary/aromatic N) is 1. The van der Waals surface area contributed by atoms with E-state index >= 15 is 0 Å². The molecule has 0 aliphatic carbocycles. The van der Waals surface area contributed by atoms with Gasteiger partial charge in [0.15, 0.2) is 5.13 Å². The van der Waals surface area contributed by atoms with E-state index in [2.05, 4.69) is 31.5 Å². The molecule has 10 heteroatoms. The van der Waals surface area contributed by atoms with Crippen molar-refractivity contribution in [2.24, 2.45) is 0 Å². The van der Waals surface area contributed by atoms with E-state index in [0.29, 0.717) is 17.2 Å². The van der Waals surface area contributed by atoms with Crippen LogP contribution in [0, 0.1) is 0 Å². The van der Waals surface area contributed by atoms with E-state index < -0.39 is 11.9 Å². The number of hydrogen-bond acceptors (Lipinski definition) is 6. The molecule has 1 aromatic heterocycles. The predicted octanol–water partition coefficient (Wildman–Crippen LogP) is 5.66. The third-order valence-electron chi connectivity index (χ3n) is 4.29. The Hall–Kier alpha value is -2.95. The van der Waals surface area contributed by atoms with Crippen molar-refractivity contribution < 1.29 is 19.5 Å². The Kier molecular flexibility index (Phi) is 8.81. The second-order valence-electron chi connectivity index (χ2n) is 6.74. The minimum Gasteiger partial charge on any atom is -0.478 e. The highest BCUT2D eigenvalue weighted by Gasteiger charge is 2.20. The number of amides is 2. The Balaban J connectivity index is 1.63. The van der Waals surface area contributed by atoms with Crippen LogP contribution in [0.3, 0.4) is 0 Å². The van der Waals surface area contributed by atoms with Crippen molar-refractivity contribution in [2.75, 3.05) is 10.6 Å². The van der Waals surface area contributed by atoms with Crippen molar-refractivity contribution in [1.82, 2.24) is 4.98 Å².